The molecule has 0 spiro atoms. The predicted octanol–water partition coefficient (Wildman–Crippen LogP) is 2.81. The van der Waals surface area contributed by atoms with Gasteiger partial charge in [0.05, 0.1) is 5.02 Å². The van der Waals surface area contributed by atoms with Gasteiger partial charge in [-0.05, 0) is 17.9 Å². The highest BCUT2D eigenvalue weighted by atomic mass is 35.5. The molecular weight excluding hydrogens is 166 g/mol. The van der Waals surface area contributed by atoms with Gasteiger partial charge >= 0.3 is 0 Å². The minimum absolute atomic E-state index is 0.118. The van der Waals surface area contributed by atoms with Crippen molar-refractivity contribution >= 4 is 22.9 Å². The van der Waals surface area contributed by atoms with Crippen LogP contribution in [0.25, 0.3) is 0 Å². The molecule has 0 radical (unpaired) electrons. The maximum atomic E-state index is 5.84. The lowest BCUT2D eigenvalue weighted by molar-refractivity contribution is 0.712. The van der Waals surface area contributed by atoms with E-state index in [1.165, 1.54) is 0 Å². The van der Waals surface area contributed by atoms with E-state index in [0.717, 1.165) is 16.3 Å². The molecule has 3 heteroatoms. The summed E-state index contributed by atoms with van der Waals surface area (Å²) in [5, 5.41) is 2.77. The van der Waals surface area contributed by atoms with Gasteiger partial charge in [0.15, 0.2) is 0 Å². The first-order valence-corrected chi connectivity index (χ1v) is 4.50. The fourth-order valence-corrected chi connectivity index (χ4v) is 2.04. The first-order valence-electron chi connectivity index (χ1n) is 3.24. The Morgan fingerprint density at radius 1 is 1.80 bits per heavy atom. The van der Waals surface area contributed by atoms with Crippen molar-refractivity contribution in [3.05, 3.63) is 21.3 Å². The SMILES string of the molecule is CC[C@@H](N)c1sccc1Cl. The van der Waals surface area contributed by atoms with Gasteiger partial charge in [-0.15, -0.1) is 11.3 Å². The van der Waals surface area contributed by atoms with Gasteiger partial charge < -0.3 is 5.73 Å². The fourth-order valence-electron chi connectivity index (χ4n) is 0.755. The van der Waals surface area contributed by atoms with E-state index in [9.17, 15) is 0 Å². The fraction of sp³-hybridized carbons (Fsp3) is 0.429. The van der Waals surface area contributed by atoms with Crippen LogP contribution in [0.3, 0.4) is 0 Å². The lowest BCUT2D eigenvalue weighted by Crippen LogP contribution is -2.06. The van der Waals surface area contributed by atoms with Gasteiger partial charge in [-0.3, -0.25) is 0 Å². The summed E-state index contributed by atoms with van der Waals surface area (Å²) < 4.78 is 0. The standard InChI is InChI=1S/C7H10ClNS/c1-2-6(9)7-5(8)3-4-10-7/h3-4,6H,2,9H2,1H3/t6-/m1/s1. The number of thiophene rings is 1. The second-order valence-corrected chi connectivity index (χ2v) is 3.50. The lowest BCUT2D eigenvalue weighted by atomic mass is 10.2. The van der Waals surface area contributed by atoms with Crippen molar-refractivity contribution in [2.75, 3.05) is 0 Å². The lowest BCUT2D eigenvalue weighted by Gasteiger charge is -2.04. The van der Waals surface area contributed by atoms with Crippen LogP contribution in [0.5, 0.6) is 0 Å². The quantitative estimate of drug-likeness (QED) is 0.735. The molecule has 0 aromatic carbocycles. The van der Waals surface area contributed by atoms with Crippen molar-refractivity contribution < 1.29 is 0 Å². The normalized spacial score (nSPS) is 13.5. The Balaban J connectivity index is 2.82. The van der Waals surface area contributed by atoms with Gasteiger partial charge in [0.1, 0.15) is 0 Å². The summed E-state index contributed by atoms with van der Waals surface area (Å²) in [5.74, 6) is 0. The first-order chi connectivity index (χ1) is 4.75. The Morgan fingerprint density at radius 2 is 2.50 bits per heavy atom. The second-order valence-electron chi connectivity index (χ2n) is 2.15. The molecule has 56 valence electrons. The Morgan fingerprint density at radius 3 is 2.90 bits per heavy atom. The summed E-state index contributed by atoms with van der Waals surface area (Å²) in [6.45, 7) is 2.06. The van der Waals surface area contributed by atoms with E-state index in [-0.39, 0.29) is 6.04 Å². The zero-order chi connectivity index (χ0) is 7.56. The number of hydrogen-bond acceptors (Lipinski definition) is 2. The van der Waals surface area contributed by atoms with E-state index < -0.39 is 0 Å². The molecule has 0 unspecified atom stereocenters. The van der Waals surface area contributed by atoms with E-state index in [1.807, 2.05) is 11.4 Å². The van der Waals surface area contributed by atoms with Crippen molar-refractivity contribution in [2.45, 2.75) is 19.4 Å². The van der Waals surface area contributed by atoms with E-state index in [4.69, 9.17) is 17.3 Å². The third-order valence-electron chi connectivity index (χ3n) is 1.42. The molecule has 0 saturated carbocycles. The molecular formula is C7H10ClNS. The van der Waals surface area contributed by atoms with Crippen LogP contribution in [0.2, 0.25) is 5.02 Å². The zero-order valence-corrected chi connectivity index (χ0v) is 7.38. The summed E-state index contributed by atoms with van der Waals surface area (Å²) in [4.78, 5) is 1.10. The largest absolute Gasteiger partial charge is 0.323 e. The molecule has 2 N–H and O–H groups in total. The topological polar surface area (TPSA) is 26.0 Å². The molecule has 1 aromatic heterocycles. The Kier molecular flexibility index (Phi) is 2.72. The maximum absolute atomic E-state index is 5.84. The highest BCUT2D eigenvalue weighted by molar-refractivity contribution is 7.10. The van der Waals surface area contributed by atoms with Crippen LogP contribution >= 0.6 is 22.9 Å². The van der Waals surface area contributed by atoms with Gasteiger partial charge in [-0.2, -0.15) is 0 Å². The Hall–Kier alpha value is -0.0500. The smallest absolute Gasteiger partial charge is 0.0561 e. The molecule has 0 fully saturated rings. The zero-order valence-electron chi connectivity index (χ0n) is 5.80. The molecule has 1 heterocycles. The van der Waals surface area contributed by atoms with Crippen LogP contribution in [0.4, 0.5) is 0 Å². The third kappa shape index (κ3) is 1.51. The van der Waals surface area contributed by atoms with Crippen LogP contribution in [-0.4, -0.2) is 0 Å². The molecule has 0 aliphatic rings. The summed E-state index contributed by atoms with van der Waals surface area (Å²) in [5.41, 5.74) is 5.77. The van der Waals surface area contributed by atoms with Crippen molar-refractivity contribution in [2.24, 2.45) is 5.73 Å². The van der Waals surface area contributed by atoms with Gasteiger partial charge in [-0.25, -0.2) is 0 Å². The molecule has 0 aliphatic carbocycles. The van der Waals surface area contributed by atoms with E-state index in [2.05, 4.69) is 6.92 Å². The van der Waals surface area contributed by atoms with E-state index in [0.29, 0.717) is 0 Å². The summed E-state index contributed by atoms with van der Waals surface area (Å²) in [7, 11) is 0. The van der Waals surface area contributed by atoms with Crippen molar-refractivity contribution in [1.82, 2.24) is 0 Å². The molecule has 0 saturated heterocycles. The molecule has 1 aromatic rings. The molecule has 1 atom stereocenters. The van der Waals surface area contributed by atoms with Crippen molar-refractivity contribution in [1.29, 1.82) is 0 Å². The minimum Gasteiger partial charge on any atom is -0.323 e. The minimum atomic E-state index is 0.118. The van der Waals surface area contributed by atoms with Crippen LogP contribution in [0.15, 0.2) is 11.4 Å². The average molecular weight is 176 g/mol. The van der Waals surface area contributed by atoms with Crippen LogP contribution < -0.4 is 5.73 Å². The maximum Gasteiger partial charge on any atom is 0.0561 e. The monoisotopic (exact) mass is 175 g/mol. The number of nitrogens with two attached hydrogens (primary N) is 1. The third-order valence-corrected chi connectivity index (χ3v) is 2.91. The number of halogens is 1. The van der Waals surface area contributed by atoms with E-state index in [1.54, 1.807) is 11.3 Å². The van der Waals surface area contributed by atoms with Crippen LogP contribution in [0.1, 0.15) is 24.3 Å². The van der Waals surface area contributed by atoms with Gasteiger partial charge in [0.2, 0.25) is 0 Å². The second kappa shape index (κ2) is 3.37. The highest BCUT2D eigenvalue weighted by Gasteiger charge is 2.08. The first kappa shape index (κ1) is 8.05. The molecule has 1 rings (SSSR count). The van der Waals surface area contributed by atoms with Gasteiger partial charge in [0.25, 0.3) is 0 Å². The highest BCUT2D eigenvalue weighted by Crippen LogP contribution is 2.28. The van der Waals surface area contributed by atoms with Crippen LogP contribution in [0, 0.1) is 0 Å². The molecule has 1 nitrogen and oxygen atoms in total. The Labute approximate surface area is 69.8 Å². The molecule has 0 aliphatic heterocycles. The van der Waals surface area contributed by atoms with Crippen molar-refractivity contribution in [3.8, 4) is 0 Å². The summed E-state index contributed by atoms with van der Waals surface area (Å²) in [6.07, 6.45) is 0.945. The van der Waals surface area contributed by atoms with Gasteiger partial charge in [-0.1, -0.05) is 18.5 Å². The number of rotatable bonds is 2. The summed E-state index contributed by atoms with van der Waals surface area (Å²) in [6, 6.07) is 2.00. The van der Waals surface area contributed by atoms with E-state index >= 15 is 0 Å². The number of hydrogen-bond donors (Lipinski definition) is 1. The van der Waals surface area contributed by atoms with Gasteiger partial charge in [0, 0.05) is 10.9 Å². The summed E-state index contributed by atoms with van der Waals surface area (Å²) >= 11 is 7.47. The molecule has 0 bridgehead atoms. The predicted molar refractivity (Wildman–Crippen MR) is 46.5 cm³/mol. The molecule has 0 amide bonds. The van der Waals surface area contributed by atoms with Crippen molar-refractivity contribution in [3.63, 3.8) is 0 Å². The Bertz CT molecular complexity index is 209. The average Bonchev–Trinajstić information content (AvgIpc) is 2.34. The van der Waals surface area contributed by atoms with Crippen LogP contribution in [-0.2, 0) is 0 Å². The molecule has 10 heavy (non-hydrogen) atoms.